The third-order valence-corrected chi connectivity index (χ3v) is 7.14. The first-order valence-electron chi connectivity index (χ1n) is 12.4. The highest BCUT2D eigenvalue weighted by molar-refractivity contribution is 5.90. The van der Waals surface area contributed by atoms with Crippen LogP contribution in [0, 0.1) is 5.92 Å². The lowest BCUT2D eigenvalue weighted by Gasteiger charge is -2.42. The van der Waals surface area contributed by atoms with E-state index in [1.54, 1.807) is 7.11 Å². The van der Waals surface area contributed by atoms with E-state index in [0.29, 0.717) is 31.4 Å². The van der Waals surface area contributed by atoms with Gasteiger partial charge in [0.15, 0.2) is 0 Å². The highest BCUT2D eigenvalue weighted by Gasteiger charge is 2.35. The van der Waals surface area contributed by atoms with E-state index in [-0.39, 0.29) is 17.9 Å². The van der Waals surface area contributed by atoms with Crippen molar-refractivity contribution in [3.05, 3.63) is 66.0 Å². The number of hydrogen-bond donors (Lipinski definition) is 1. The molecule has 2 aliphatic heterocycles. The zero-order valence-electron chi connectivity index (χ0n) is 20.1. The Morgan fingerprint density at radius 1 is 1.15 bits per heavy atom. The van der Waals surface area contributed by atoms with E-state index < -0.39 is 0 Å². The molecule has 2 fully saturated rings. The highest BCUT2D eigenvalue weighted by Crippen LogP contribution is 2.29. The van der Waals surface area contributed by atoms with Crippen molar-refractivity contribution in [1.82, 2.24) is 20.1 Å². The Morgan fingerprint density at radius 2 is 1.91 bits per heavy atom. The van der Waals surface area contributed by atoms with Crippen LogP contribution in [0.1, 0.15) is 36.8 Å². The van der Waals surface area contributed by atoms with Crippen molar-refractivity contribution in [2.24, 2.45) is 5.92 Å². The van der Waals surface area contributed by atoms with Gasteiger partial charge in [-0.15, -0.1) is 0 Å². The summed E-state index contributed by atoms with van der Waals surface area (Å²) < 4.78 is 5.47. The number of benzene rings is 1. The maximum absolute atomic E-state index is 12.9. The Bertz CT molecular complexity index is 916. The molecule has 7 heteroatoms. The molecule has 2 saturated heterocycles. The van der Waals surface area contributed by atoms with Crippen LogP contribution in [0.3, 0.4) is 0 Å². The number of pyridine rings is 1. The molecule has 0 aliphatic carbocycles. The summed E-state index contributed by atoms with van der Waals surface area (Å²) in [5.74, 6) is 0.534. The van der Waals surface area contributed by atoms with Crippen molar-refractivity contribution in [2.75, 3.05) is 33.4 Å². The van der Waals surface area contributed by atoms with E-state index in [4.69, 9.17) is 4.74 Å². The molecule has 1 N–H and O–H groups in total. The molecule has 7 nitrogen and oxygen atoms in total. The number of likely N-dealkylation sites (tertiary alicyclic amines) is 1. The molecule has 0 saturated carbocycles. The molecule has 34 heavy (non-hydrogen) atoms. The fraction of sp³-hybridized carbons (Fsp3) is 0.519. The Morgan fingerprint density at radius 3 is 2.56 bits per heavy atom. The van der Waals surface area contributed by atoms with Crippen LogP contribution in [0.5, 0.6) is 0 Å². The fourth-order valence-corrected chi connectivity index (χ4v) is 5.27. The van der Waals surface area contributed by atoms with E-state index in [2.05, 4.69) is 51.6 Å². The summed E-state index contributed by atoms with van der Waals surface area (Å²) in [5, 5.41) is 2.83. The van der Waals surface area contributed by atoms with Crippen molar-refractivity contribution >= 4 is 11.8 Å². The molecule has 4 rings (SSSR count). The molecule has 2 amide bonds. The smallest absolute Gasteiger partial charge is 0.245 e. The van der Waals surface area contributed by atoms with Gasteiger partial charge in [0.05, 0.1) is 6.61 Å². The third kappa shape index (κ3) is 6.42. The van der Waals surface area contributed by atoms with Crippen LogP contribution in [0.15, 0.2) is 54.9 Å². The SMILES string of the molecule is COCCN(Cc1cccnc1)[C@H](Cc1ccccc1)C1CCN(C(=O)[C@@H]2CCC(=O)N2)CC1. The van der Waals surface area contributed by atoms with E-state index >= 15 is 0 Å². The molecule has 2 aromatic rings. The molecular formula is C27H36N4O3. The second-order valence-electron chi connectivity index (χ2n) is 9.40. The summed E-state index contributed by atoms with van der Waals surface area (Å²) >= 11 is 0. The lowest BCUT2D eigenvalue weighted by molar-refractivity contribution is -0.136. The second-order valence-corrected chi connectivity index (χ2v) is 9.40. The van der Waals surface area contributed by atoms with Gasteiger partial charge < -0.3 is 15.0 Å². The molecule has 1 aromatic carbocycles. The molecule has 2 atom stereocenters. The van der Waals surface area contributed by atoms with Crippen LogP contribution in [0.4, 0.5) is 0 Å². The van der Waals surface area contributed by atoms with Gasteiger partial charge in [0.2, 0.25) is 11.8 Å². The minimum Gasteiger partial charge on any atom is -0.383 e. The lowest BCUT2D eigenvalue weighted by Crippen LogP contribution is -2.51. The number of piperidine rings is 1. The summed E-state index contributed by atoms with van der Waals surface area (Å²) in [7, 11) is 1.75. The number of amides is 2. The molecule has 0 unspecified atom stereocenters. The Balaban J connectivity index is 1.48. The van der Waals surface area contributed by atoms with Gasteiger partial charge in [-0.2, -0.15) is 0 Å². The van der Waals surface area contributed by atoms with E-state index in [1.165, 1.54) is 11.1 Å². The predicted octanol–water partition coefficient (Wildman–Crippen LogP) is 2.66. The van der Waals surface area contributed by atoms with Crippen LogP contribution in [0.2, 0.25) is 0 Å². The van der Waals surface area contributed by atoms with Gasteiger partial charge in [-0.1, -0.05) is 36.4 Å². The van der Waals surface area contributed by atoms with Gasteiger partial charge in [-0.3, -0.25) is 19.5 Å². The van der Waals surface area contributed by atoms with Crippen molar-refractivity contribution in [3.63, 3.8) is 0 Å². The maximum Gasteiger partial charge on any atom is 0.245 e. The van der Waals surface area contributed by atoms with Crippen molar-refractivity contribution in [3.8, 4) is 0 Å². The second kappa shape index (κ2) is 12.1. The molecule has 0 bridgehead atoms. The summed E-state index contributed by atoms with van der Waals surface area (Å²) in [6.07, 6.45) is 7.70. The molecule has 0 radical (unpaired) electrons. The molecular weight excluding hydrogens is 428 g/mol. The topological polar surface area (TPSA) is 74.8 Å². The normalized spacial score (nSPS) is 19.9. The van der Waals surface area contributed by atoms with Crippen LogP contribution < -0.4 is 5.32 Å². The number of methoxy groups -OCH3 is 1. The lowest BCUT2D eigenvalue weighted by atomic mass is 9.84. The number of hydrogen-bond acceptors (Lipinski definition) is 5. The van der Waals surface area contributed by atoms with Crippen LogP contribution in [-0.2, 0) is 27.3 Å². The predicted molar refractivity (Wildman–Crippen MR) is 131 cm³/mol. The van der Waals surface area contributed by atoms with E-state index in [0.717, 1.165) is 45.4 Å². The Hall–Kier alpha value is -2.77. The summed E-state index contributed by atoms with van der Waals surface area (Å²) in [5.41, 5.74) is 2.52. The number of rotatable bonds is 10. The van der Waals surface area contributed by atoms with Gasteiger partial charge in [0.1, 0.15) is 6.04 Å². The van der Waals surface area contributed by atoms with Crippen molar-refractivity contribution in [1.29, 1.82) is 0 Å². The molecule has 182 valence electrons. The third-order valence-electron chi connectivity index (χ3n) is 7.14. The monoisotopic (exact) mass is 464 g/mol. The number of nitrogens with zero attached hydrogens (tertiary/aromatic N) is 3. The zero-order chi connectivity index (χ0) is 23.8. The Labute approximate surface area is 202 Å². The van der Waals surface area contributed by atoms with Gasteiger partial charge >= 0.3 is 0 Å². The molecule has 3 heterocycles. The minimum atomic E-state index is -0.340. The Kier molecular flexibility index (Phi) is 8.66. The number of aromatic nitrogens is 1. The summed E-state index contributed by atoms with van der Waals surface area (Å²) in [4.78, 5) is 33.3. The van der Waals surface area contributed by atoms with Crippen molar-refractivity contribution < 1.29 is 14.3 Å². The van der Waals surface area contributed by atoms with Gasteiger partial charge in [-0.05, 0) is 48.8 Å². The first-order chi connectivity index (χ1) is 16.6. The average molecular weight is 465 g/mol. The largest absolute Gasteiger partial charge is 0.383 e. The standard InChI is InChI=1S/C27H36N4O3/c1-34-17-16-31(20-22-8-5-13-28-19-22)25(18-21-6-3-2-4-7-21)23-11-14-30(15-12-23)27(33)24-9-10-26(32)29-24/h2-8,13,19,23-25H,9-12,14-18,20H2,1H3,(H,29,32)/t24-,25+/m0/s1. The first kappa shape index (κ1) is 24.4. The first-order valence-corrected chi connectivity index (χ1v) is 12.4. The number of carbonyl (C=O) groups is 2. The van der Waals surface area contributed by atoms with Gasteiger partial charge in [-0.25, -0.2) is 0 Å². The summed E-state index contributed by atoms with van der Waals surface area (Å²) in [6.45, 7) is 3.82. The maximum atomic E-state index is 12.9. The zero-order valence-corrected chi connectivity index (χ0v) is 20.1. The minimum absolute atomic E-state index is 0.0136. The van der Waals surface area contributed by atoms with E-state index in [9.17, 15) is 9.59 Å². The van der Waals surface area contributed by atoms with Crippen LogP contribution >= 0.6 is 0 Å². The van der Waals surface area contributed by atoms with Crippen molar-refractivity contribution in [2.45, 2.75) is 50.7 Å². The van der Waals surface area contributed by atoms with Gasteiger partial charge in [0, 0.05) is 58.1 Å². The van der Waals surface area contributed by atoms with Crippen LogP contribution in [-0.4, -0.2) is 72.0 Å². The summed E-state index contributed by atoms with van der Waals surface area (Å²) in [6, 6.07) is 14.8. The average Bonchev–Trinajstić information content (AvgIpc) is 3.32. The fourth-order valence-electron chi connectivity index (χ4n) is 5.27. The molecule has 1 aromatic heterocycles. The highest BCUT2D eigenvalue weighted by atomic mass is 16.5. The quantitative estimate of drug-likeness (QED) is 0.585. The number of ether oxygens (including phenoxy) is 1. The molecule has 2 aliphatic rings. The molecule has 0 spiro atoms. The number of nitrogens with one attached hydrogen (secondary N) is 1. The van der Waals surface area contributed by atoms with Crippen LogP contribution in [0.25, 0.3) is 0 Å². The van der Waals surface area contributed by atoms with E-state index in [1.807, 2.05) is 23.4 Å². The number of carbonyl (C=O) groups excluding carboxylic acids is 2. The van der Waals surface area contributed by atoms with Gasteiger partial charge in [0.25, 0.3) is 0 Å².